The SMILES string of the molecule is Cc1cc(-c2cc(F)cnc2C)ccc1-c1nccc2cc(S(=O)(=O)Cc3ccon3)ccc12. The Hall–Kier alpha value is -3.91. The summed E-state index contributed by atoms with van der Waals surface area (Å²) in [6, 6.07) is 15.7. The minimum atomic E-state index is -3.58. The first-order chi connectivity index (χ1) is 16.3. The lowest BCUT2D eigenvalue weighted by molar-refractivity contribution is 0.413. The lowest BCUT2D eigenvalue weighted by Gasteiger charge is -2.13. The zero-order valence-corrected chi connectivity index (χ0v) is 19.3. The van der Waals surface area contributed by atoms with Crippen LogP contribution in [0.15, 0.2) is 82.7 Å². The Morgan fingerprint density at radius 1 is 0.941 bits per heavy atom. The number of nitrogens with zero attached hydrogens (tertiary/aromatic N) is 3. The molecular weight excluding hydrogens is 453 g/mol. The smallest absolute Gasteiger partial charge is 0.184 e. The molecule has 3 heterocycles. The van der Waals surface area contributed by atoms with Crippen molar-refractivity contribution in [2.45, 2.75) is 24.5 Å². The van der Waals surface area contributed by atoms with E-state index in [-0.39, 0.29) is 16.5 Å². The average Bonchev–Trinajstić information content (AvgIpc) is 3.32. The standard InChI is InChI=1S/C26H20FN3O3S/c1-16-11-18(25-13-20(27)14-29-17(25)2)3-5-23(16)26-24-6-4-22(12-19(24)7-9-28-26)34(31,32)15-21-8-10-33-30-21/h3-14H,15H2,1-2H3. The number of fused-ring (bicyclic) bond motifs is 1. The molecular formula is C26H20FN3O3S. The van der Waals surface area contributed by atoms with Gasteiger partial charge >= 0.3 is 0 Å². The van der Waals surface area contributed by atoms with E-state index in [1.165, 1.54) is 24.6 Å². The molecule has 2 aromatic carbocycles. The molecule has 0 unspecified atom stereocenters. The van der Waals surface area contributed by atoms with Crippen LogP contribution >= 0.6 is 0 Å². The van der Waals surface area contributed by atoms with E-state index in [2.05, 4.69) is 15.1 Å². The highest BCUT2D eigenvalue weighted by Crippen LogP contribution is 2.33. The van der Waals surface area contributed by atoms with Gasteiger partial charge in [-0.25, -0.2) is 12.8 Å². The number of rotatable bonds is 5. The van der Waals surface area contributed by atoms with Crippen molar-refractivity contribution in [3.8, 4) is 22.4 Å². The van der Waals surface area contributed by atoms with Gasteiger partial charge in [-0.15, -0.1) is 0 Å². The molecule has 0 radical (unpaired) electrons. The molecule has 0 fully saturated rings. The molecule has 0 aliphatic carbocycles. The van der Waals surface area contributed by atoms with Crippen LogP contribution in [0.25, 0.3) is 33.2 Å². The summed E-state index contributed by atoms with van der Waals surface area (Å²) in [6.45, 7) is 3.82. The van der Waals surface area contributed by atoms with Crippen molar-refractivity contribution in [2.24, 2.45) is 0 Å². The van der Waals surface area contributed by atoms with Gasteiger partial charge in [-0.05, 0) is 54.6 Å². The minimum Gasteiger partial charge on any atom is -0.364 e. The van der Waals surface area contributed by atoms with E-state index >= 15 is 0 Å². The first-order valence-electron chi connectivity index (χ1n) is 10.6. The first kappa shape index (κ1) is 21.9. The largest absolute Gasteiger partial charge is 0.364 e. The zero-order valence-electron chi connectivity index (χ0n) is 18.5. The van der Waals surface area contributed by atoms with E-state index in [9.17, 15) is 12.8 Å². The number of aryl methyl sites for hydroxylation is 2. The van der Waals surface area contributed by atoms with Gasteiger partial charge in [-0.2, -0.15) is 0 Å². The van der Waals surface area contributed by atoms with Crippen LogP contribution in [0.5, 0.6) is 0 Å². The van der Waals surface area contributed by atoms with Gasteiger partial charge in [-0.3, -0.25) is 9.97 Å². The molecule has 3 aromatic heterocycles. The van der Waals surface area contributed by atoms with Crippen LogP contribution < -0.4 is 0 Å². The monoisotopic (exact) mass is 473 g/mol. The van der Waals surface area contributed by atoms with Gasteiger partial charge in [0.05, 0.1) is 22.5 Å². The quantitative estimate of drug-likeness (QED) is 0.326. The van der Waals surface area contributed by atoms with Crippen molar-refractivity contribution >= 4 is 20.6 Å². The maximum absolute atomic E-state index is 13.8. The molecule has 0 saturated carbocycles. The molecule has 0 N–H and O–H groups in total. The van der Waals surface area contributed by atoms with E-state index in [1.807, 2.05) is 32.0 Å². The second kappa shape index (κ2) is 8.46. The topological polar surface area (TPSA) is 86.0 Å². The average molecular weight is 474 g/mol. The number of halogens is 1. The predicted molar refractivity (Wildman–Crippen MR) is 127 cm³/mol. The number of hydrogen-bond donors (Lipinski definition) is 0. The third-order valence-electron chi connectivity index (χ3n) is 5.77. The molecule has 170 valence electrons. The summed E-state index contributed by atoms with van der Waals surface area (Å²) in [4.78, 5) is 8.90. The van der Waals surface area contributed by atoms with Crippen molar-refractivity contribution < 1.29 is 17.3 Å². The van der Waals surface area contributed by atoms with Gasteiger partial charge in [0.15, 0.2) is 9.84 Å². The van der Waals surface area contributed by atoms with Crippen LogP contribution in [0.4, 0.5) is 4.39 Å². The number of aromatic nitrogens is 3. The molecule has 34 heavy (non-hydrogen) atoms. The van der Waals surface area contributed by atoms with Gasteiger partial charge in [0.1, 0.15) is 17.8 Å². The highest BCUT2D eigenvalue weighted by atomic mass is 32.2. The summed E-state index contributed by atoms with van der Waals surface area (Å²) >= 11 is 0. The summed E-state index contributed by atoms with van der Waals surface area (Å²) in [5.41, 5.74) is 5.33. The molecule has 0 bridgehead atoms. The summed E-state index contributed by atoms with van der Waals surface area (Å²) in [5.74, 6) is -0.616. The molecule has 0 amide bonds. The summed E-state index contributed by atoms with van der Waals surface area (Å²) < 4.78 is 44.2. The van der Waals surface area contributed by atoms with Crippen LogP contribution in [0, 0.1) is 19.7 Å². The molecule has 0 aliphatic rings. The van der Waals surface area contributed by atoms with Crippen molar-refractivity contribution in [2.75, 3.05) is 0 Å². The lowest BCUT2D eigenvalue weighted by Crippen LogP contribution is -2.05. The van der Waals surface area contributed by atoms with Crippen molar-refractivity contribution in [3.05, 3.63) is 96.0 Å². The van der Waals surface area contributed by atoms with Crippen LogP contribution in [0.3, 0.4) is 0 Å². The third kappa shape index (κ3) is 4.08. The van der Waals surface area contributed by atoms with E-state index in [4.69, 9.17) is 4.52 Å². The fraction of sp³-hybridized carbons (Fsp3) is 0.115. The second-order valence-corrected chi connectivity index (χ2v) is 10.1. The lowest BCUT2D eigenvalue weighted by atomic mass is 9.95. The number of sulfone groups is 1. The van der Waals surface area contributed by atoms with Gasteiger partial charge < -0.3 is 4.52 Å². The van der Waals surface area contributed by atoms with Gasteiger partial charge in [0.2, 0.25) is 0 Å². The number of hydrogen-bond acceptors (Lipinski definition) is 6. The molecule has 0 saturated heterocycles. The first-order valence-corrected chi connectivity index (χ1v) is 12.2. The minimum absolute atomic E-state index is 0.210. The summed E-state index contributed by atoms with van der Waals surface area (Å²) in [6.07, 6.45) is 4.23. The molecule has 6 nitrogen and oxygen atoms in total. The Bertz CT molecular complexity index is 1630. The molecule has 0 aliphatic heterocycles. The van der Waals surface area contributed by atoms with Crippen molar-refractivity contribution in [1.29, 1.82) is 0 Å². The van der Waals surface area contributed by atoms with E-state index in [0.717, 1.165) is 44.4 Å². The van der Waals surface area contributed by atoms with E-state index in [1.54, 1.807) is 30.5 Å². The molecule has 5 aromatic rings. The maximum Gasteiger partial charge on any atom is 0.184 e. The Kier molecular flexibility index (Phi) is 5.45. The fourth-order valence-electron chi connectivity index (χ4n) is 4.05. The van der Waals surface area contributed by atoms with Gasteiger partial charge in [0.25, 0.3) is 0 Å². The van der Waals surface area contributed by atoms with Crippen LogP contribution in [-0.2, 0) is 15.6 Å². The highest BCUT2D eigenvalue weighted by Gasteiger charge is 2.19. The van der Waals surface area contributed by atoms with E-state index < -0.39 is 9.84 Å². The predicted octanol–water partition coefficient (Wildman–Crippen LogP) is 5.68. The third-order valence-corrected chi connectivity index (χ3v) is 7.42. The maximum atomic E-state index is 13.8. The van der Waals surface area contributed by atoms with Gasteiger partial charge in [-0.1, -0.05) is 29.4 Å². The summed E-state index contributed by atoms with van der Waals surface area (Å²) in [5, 5.41) is 5.30. The number of pyridine rings is 2. The van der Waals surface area contributed by atoms with Crippen molar-refractivity contribution in [3.63, 3.8) is 0 Å². The van der Waals surface area contributed by atoms with Crippen molar-refractivity contribution in [1.82, 2.24) is 15.1 Å². The Balaban J connectivity index is 1.55. The van der Waals surface area contributed by atoms with Gasteiger partial charge in [0, 0.05) is 34.5 Å². The normalized spacial score (nSPS) is 11.7. The Morgan fingerprint density at radius 3 is 2.56 bits per heavy atom. The fourth-order valence-corrected chi connectivity index (χ4v) is 5.34. The van der Waals surface area contributed by atoms with E-state index in [0.29, 0.717) is 5.69 Å². The van der Waals surface area contributed by atoms with Crippen LogP contribution in [-0.4, -0.2) is 23.5 Å². The molecule has 0 spiro atoms. The molecule has 5 rings (SSSR count). The molecule has 8 heteroatoms. The molecule has 0 atom stereocenters. The summed E-state index contributed by atoms with van der Waals surface area (Å²) in [7, 11) is -3.58. The Morgan fingerprint density at radius 2 is 1.79 bits per heavy atom. The zero-order chi connectivity index (χ0) is 23.9. The number of benzene rings is 2. The van der Waals surface area contributed by atoms with Crippen LogP contribution in [0.2, 0.25) is 0 Å². The van der Waals surface area contributed by atoms with Crippen LogP contribution in [0.1, 0.15) is 17.0 Å². The highest BCUT2D eigenvalue weighted by molar-refractivity contribution is 7.90. The Labute approximate surface area is 196 Å². The second-order valence-electron chi connectivity index (χ2n) is 8.11.